The van der Waals surface area contributed by atoms with Crippen LogP contribution in [-0.4, -0.2) is 73.0 Å². The van der Waals surface area contributed by atoms with Gasteiger partial charge in [-0.25, -0.2) is 0 Å². The topological polar surface area (TPSA) is 112 Å². The summed E-state index contributed by atoms with van der Waals surface area (Å²) in [5.41, 5.74) is 0.983. The van der Waals surface area contributed by atoms with Crippen LogP contribution in [0.2, 0.25) is 0 Å². The largest absolute Gasteiger partial charge is 0.493 e. The molecule has 182 valence electrons. The van der Waals surface area contributed by atoms with Crippen molar-refractivity contribution in [2.75, 3.05) is 45.3 Å². The molecule has 3 aliphatic rings. The summed E-state index contributed by atoms with van der Waals surface area (Å²) in [6.07, 6.45) is 3.05. The van der Waals surface area contributed by atoms with E-state index in [1.807, 2.05) is 18.2 Å². The molecule has 1 aromatic carbocycles. The van der Waals surface area contributed by atoms with Crippen LogP contribution in [0.5, 0.6) is 11.5 Å². The molecule has 3 saturated heterocycles. The molecule has 0 bridgehead atoms. The molecular weight excluding hydrogens is 460 g/mol. The lowest BCUT2D eigenvalue weighted by Gasteiger charge is -2.18. The Kier molecular flexibility index (Phi) is 6.93. The molecule has 34 heavy (non-hydrogen) atoms. The summed E-state index contributed by atoms with van der Waals surface area (Å²) in [7, 11) is 1.61. The number of rotatable bonds is 8. The van der Waals surface area contributed by atoms with Crippen LogP contribution in [-0.2, 0) is 19.1 Å². The SMILES string of the molecule is COc1ccc([C@@H]2CC(=O)N(CC(=O)Nc3nnc(C4CCCO4)s3)C2)cc1O[C@@H]1CCOC1. The molecule has 2 amide bonds. The van der Waals surface area contributed by atoms with Gasteiger partial charge in [-0.3, -0.25) is 14.9 Å². The fourth-order valence-corrected chi connectivity index (χ4v) is 5.34. The van der Waals surface area contributed by atoms with E-state index in [9.17, 15) is 9.59 Å². The summed E-state index contributed by atoms with van der Waals surface area (Å²) < 4.78 is 22.5. The number of nitrogens with one attached hydrogen (secondary N) is 1. The van der Waals surface area contributed by atoms with Crippen molar-refractivity contribution in [2.24, 2.45) is 0 Å². The molecule has 0 spiro atoms. The minimum atomic E-state index is -0.288. The van der Waals surface area contributed by atoms with Crippen LogP contribution >= 0.6 is 11.3 Å². The Morgan fingerprint density at radius 3 is 2.94 bits per heavy atom. The number of likely N-dealkylation sites (tertiary alicyclic amines) is 1. The molecule has 5 rings (SSSR count). The molecule has 1 N–H and O–H groups in total. The van der Waals surface area contributed by atoms with Crippen molar-refractivity contribution in [3.05, 3.63) is 28.8 Å². The fraction of sp³-hybridized carbons (Fsp3) is 0.565. The molecule has 1 unspecified atom stereocenters. The Balaban J connectivity index is 1.19. The summed E-state index contributed by atoms with van der Waals surface area (Å²) in [6.45, 7) is 2.40. The number of hydrogen-bond donors (Lipinski definition) is 1. The lowest BCUT2D eigenvalue weighted by Crippen LogP contribution is -2.34. The molecule has 0 aliphatic carbocycles. The molecule has 3 fully saturated rings. The van der Waals surface area contributed by atoms with Gasteiger partial charge in [0.25, 0.3) is 0 Å². The first-order chi connectivity index (χ1) is 16.6. The third kappa shape index (κ3) is 5.16. The van der Waals surface area contributed by atoms with E-state index >= 15 is 0 Å². The van der Waals surface area contributed by atoms with Gasteiger partial charge in [0.1, 0.15) is 17.2 Å². The summed E-state index contributed by atoms with van der Waals surface area (Å²) in [4.78, 5) is 26.8. The van der Waals surface area contributed by atoms with Gasteiger partial charge in [0.05, 0.1) is 26.9 Å². The maximum absolute atomic E-state index is 12.6. The van der Waals surface area contributed by atoms with Gasteiger partial charge in [0.2, 0.25) is 16.9 Å². The highest BCUT2D eigenvalue weighted by Crippen LogP contribution is 2.36. The normalized spacial score (nSPS) is 24.6. The van der Waals surface area contributed by atoms with Crippen LogP contribution in [0.15, 0.2) is 18.2 Å². The maximum Gasteiger partial charge on any atom is 0.245 e. The number of amides is 2. The second-order valence-electron chi connectivity index (χ2n) is 8.68. The van der Waals surface area contributed by atoms with E-state index in [1.165, 1.54) is 11.3 Å². The first-order valence-corrected chi connectivity index (χ1v) is 12.4. The summed E-state index contributed by atoms with van der Waals surface area (Å²) in [5, 5.41) is 12.1. The van der Waals surface area contributed by atoms with Crippen molar-refractivity contribution < 1.29 is 28.5 Å². The van der Waals surface area contributed by atoms with Gasteiger partial charge in [-0.2, -0.15) is 0 Å². The highest BCUT2D eigenvalue weighted by molar-refractivity contribution is 7.15. The quantitative estimate of drug-likeness (QED) is 0.603. The number of hydrogen-bond acceptors (Lipinski definition) is 9. The number of carbonyl (C=O) groups is 2. The molecule has 2 aromatic rings. The van der Waals surface area contributed by atoms with Crippen molar-refractivity contribution >= 4 is 28.3 Å². The average Bonchev–Trinajstić information content (AvgIpc) is 3.63. The lowest BCUT2D eigenvalue weighted by atomic mass is 9.98. The second-order valence-corrected chi connectivity index (χ2v) is 9.69. The molecule has 0 radical (unpaired) electrons. The molecule has 3 aliphatic heterocycles. The predicted octanol–water partition coefficient (Wildman–Crippen LogP) is 2.52. The maximum atomic E-state index is 12.6. The Hall–Kier alpha value is -2.76. The van der Waals surface area contributed by atoms with Crippen molar-refractivity contribution in [3.63, 3.8) is 0 Å². The number of anilines is 1. The lowest BCUT2D eigenvalue weighted by molar-refractivity contribution is -0.131. The van der Waals surface area contributed by atoms with Gasteiger partial charge in [0.15, 0.2) is 11.5 Å². The van der Waals surface area contributed by atoms with Crippen molar-refractivity contribution in [2.45, 2.75) is 43.8 Å². The molecule has 10 nitrogen and oxygen atoms in total. The Labute approximate surface area is 201 Å². The Morgan fingerprint density at radius 2 is 2.18 bits per heavy atom. The first kappa shape index (κ1) is 23.0. The molecule has 0 saturated carbocycles. The molecule has 11 heteroatoms. The zero-order valence-electron chi connectivity index (χ0n) is 19.0. The van der Waals surface area contributed by atoms with Crippen LogP contribution in [0.3, 0.4) is 0 Å². The average molecular weight is 489 g/mol. The number of carbonyl (C=O) groups excluding carboxylic acids is 2. The Morgan fingerprint density at radius 1 is 1.26 bits per heavy atom. The van der Waals surface area contributed by atoms with E-state index in [-0.39, 0.29) is 36.5 Å². The standard InChI is InChI=1S/C23H28N4O6S/c1-30-17-5-4-14(9-19(17)33-16-6-8-31-13-16)15-10-21(29)27(11-15)12-20(28)24-23-26-25-22(34-23)18-3-2-7-32-18/h4-5,9,15-16,18H,2-3,6-8,10-13H2,1H3,(H,24,26,28)/t15-,16-,18?/m1/s1. The summed E-state index contributed by atoms with van der Waals surface area (Å²) in [6, 6.07) is 5.75. The second kappa shape index (κ2) is 10.2. The van der Waals surface area contributed by atoms with Gasteiger partial charge in [0, 0.05) is 31.9 Å². The molecular formula is C23H28N4O6S. The number of benzene rings is 1. The minimum absolute atomic E-state index is 0.00403. The van der Waals surface area contributed by atoms with Crippen molar-refractivity contribution in [3.8, 4) is 11.5 Å². The van der Waals surface area contributed by atoms with Crippen LogP contribution < -0.4 is 14.8 Å². The fourth-order valence-electron chi connectivity index (χ4n) is 4.49. The van der Waals surface area contributed by atoms with E-state index in [1.54, 1.807) is 12.0 Å². The zero-order valence-corrected chi connectivity index (χ0v) is 19.8. The van der Waals surface area contributed by atoms with Gasteiger partial charge >= 0.3 is 0 Å². The van der Waals surface area contributed by atoms with Crippen LogP contribution in [0.1, 0.15) is 48.3 Å². The number of aromatic nitrogens is 2. The molecule has 3 atom stereocenters. The van der Waals surface area contributed by atoms with Gasteiger partial charge in [-0.05, 0) is 30.5 Å². The highest BCUT2D eigenvalue weighted by atomic mass is 32.1. The monoisotopic (exact) mass is 488 g/mol. The van der Waals surface area contributed by atoms with E-state index in [0.717, 1.165) is 36.4 Å². The Bertz CT molecular complexity index is 1030. The van der Waals surface area contributed by atoms with E-state index in [0.29, 0.717) is 42.8 Å². The smallest absolute Gasteiger partial charge is 0.245 e. The van der Waals surface area contributed by atoms with Crippen LogP contribution in [0.4, 0.5) is 5.13 Å². The number of ether oxygens (including phenoxy) is 4. The van der Waals surface area contributed by atoms with Crippen molar-refractivity contribution in [1.82, 2.24) is 15.1 Å². The molecule has 1 aromatic heterocycles. The predicted molar refractivity (Wildman–Crippen MR) is 123 cm³/mol. The van der Waals surface area contributed by atoms with Gasteiger partial charge in [-0.1, -0.05) is 17.4 Å². The molecule has 4 heterocycles. The summed E-state index contributed by atoms with van der Waals surface area (Å²) in [5.74, 6) is 0.929. The summed E-state index contributed by atoms with van der Waals surface area (Å²) >= 11 is 1.32. The van der Waals surface area contributed by atoms with E-state index in [2.05, 4.69) is 15.5 Å². The number of nitrogens with zero attached hydrogens (tertiary/aromatic N) is 3. The van der Waals surface area contributed by atoms with Gasteiger partial charge in [-0.15, -0.1) is 10.2 Å². The van der Waals surface area contributed by atoms with Gasteiger partial charge < -0.3 is 23.8 Å². The minimum Gasteiger partial charge on any atom is -0.493 e. The first-order valence-electron chi connectivity index (χ1n) is 11.5. The number of methoxy groups -OCH3 is 1. The zero-order chi connectivity index (χ0) is 23.5. The highest BCUT2D eigenvalue weighted by Gasteiger charge is 2.33. The van der Waals surface area contributed by atoms with E-state index in [4.69, 9.17) is 18.9 Å². The van der Waals surface area contributed by atoms with Crippen LogP contribution in [0.25, 0.3) is 0 Å². The van der Waals surface area contributed by atoms with E-state index < -0.39 is 0 Å². The van der Waals surface area contributed by atoms with Crippen molar-refractivity contribution in [1.29, 1.82) is 0 Å². The third-order valence-corrected chi connectivity index (χ3v) is 7.21. The third-order valence-electron chi connectivity index (χ3n) is 6.28. The van der Waals surface area contributed by atoms with Crippen LogP contribution in [0, 0.1) is 0 Å².